The van der Waals surface area contributed by atoms with E-state index in [1.165, 1.54) is 11.6 Å². The van der Waals surface area contributed by atoms with Crippen molar-refractivity contribution < 1.29 is 4.74 Å². The van der Waals surface area contributed by atoms with Gasteiger partial charge in [-0.25, -0.2) is 5.10 Å². The first-order chi connectivity index (χ1) is 11.1. The van der Waals surface area contributed by atoms with Crippen molar-refractivity contribution >= 4 is 33.2 Å². The lowest BCUT2D eigenvalue weighted by molar-refractivity contribution is 0.0544. The van der Waals surface area contributed by atoms with E-state index in [1.54, 1.807) is 0 Å². The molecule has 1 saturated heterocycles. The predicted molar refractivity (Wildman–Crippen MR) is 94.2 cm³/mol. The molecule has 0 spiro atoms. The zero-order chi connectivity index (χ0) is 16.3. The smallest absolute Gasteiger partial charge is 0.266 e. The quantitative estimate of drug-likeness (QED) is 0.829. The molecule has 0 saturated carbocycles. The molecule has 1 aliphatic heterocycles. The summed E-state index contributed by atoms with van der Waals surface area (Å²) in [7, 11) is 0. The fourth-order valence-corrected chi connectivity index (χ4v) is 3.49. The van der Waals surface area contributed by atoms with Crippen LogP contribution in [0.4, 0.5) is 5.69 Å². The van der Waals surface area contributed by atoms with Gasteiger partial charge in [0.05, 0.1) is 5.69 Å². The Balaban J connectivity index is 1.88. The second-order valence-corrected chi connectivity index (χ2v) is 6.97. The minimum absolute atomic E-state index is 0.0615. The van der Waals surface area contributed by atoms with Crippen LogP contribution in [0.15, 0.2) is 39.6 Å². The molecular formula is C16H17BrClN3O2. The first-order valence-electron chi connectivity index (χ1n) is 7.42. The van der Waals surface area contributed by atoms with Crippen molar-refractivity contribution in [1.82, 2.24) is 10.2 Å². The molecule has 3 rings (SSSR count). The Morgan fingerprint density at radius 2 is 2.13 bits per heavy atom. The maximum absolute atomic E-state index is 11.4. The van der Waals surface area contributed by atoms with Crippen molar-refractivity contribution in [3.8, 4) is 0 Å². The van der Waals surface area contributed by atoms with Gasteiger partial charge in [-0.2, -0.15) is 5.10 Å². The van der Waals surface area contributed by atoms with Crippen LogP contribution in [-0.2, 0) is 10.2 Å². The predicted octanol–water partition coefficient (Wildman–Crippen LogP) is 3.35. The highest BCUT2D eigenvalue weighted by atomic mass is 79.9. The van der Waals surface area contributed by atoms with Crippen molar-refractivity contribution in [2.24, 2.45) is 0 Å². The summed E-state index contributed by atoms with van der Waals surface area (Å²) in [5.41, 5.74) is 1.46. The van der Waals surface area contributed by atoms with E-state index in [1.807, 2.05) is 12.1 Å². The van der Waals surface area contributed by atoms with E-state index in [2.05, 4.69) is 43.6 Å². The van der Waals surface area contributed by atoms with Gasteiger partial charge in [-0.3, -0.25) is 4.79 Å². The first kappa shape index (κ1) is 16.5. The molecule has 2 N–H and O–H groups in total. The Morgan fingerprint density at radius 3 is 2.87 bits per heavy atom. The van der Waals surface area contributed by atoms with E-state index in [9.17, 15) is 4.79 Å². The fourth-order valence-electron chi connectivity index (χ4n) is 2.92. The molecule has 0 unspecified atom stereocenters. The second-order valence-electron chi connectivity index (χ2n) is 5.69. The van der Waals surface area contributed by atoms with Gasteiger partial charge in [0.25, 0.3) is 5.56 Å². The highest BCUT2D eigenvalue weighted by Crippen LogP contribution is 2.36. The number of ether oxygens (including phenoxy) is 1. The molecule has 0 aliphatic carbocycles. The van der Waals surface area contributed by atoms with Crippen molar-refractivity contribution in [3.05, 3.63) is 55.9 Å². The molecule has 1 fully saturated rings. The van der Waals surface area contributed by atoms with Crippen LogP contribution in [-0.4, -0.2) is 30.0 Å². The summed E-state index contributed by atoms with van der Waals surface area (Å²) >= 11 is 9.60. The molecule has 0 amide bonds. The summed E-state index contributed by atoms with van der Waals surface area (Å²) in [6.07, 6.45) is 1.81. The number of hydrogen-bond acceptors (Lipinski definition) is 4. The number of anilines is 1. The van der Waals surface area contributed by atoms with Crippen LogP contribution >= 0.6 is 27.5 Å². The van der Waals surface area contributed by atoms with E-state index >= 15 is 0 Å². The molecule has 5 nitrogen and oxygen atoms in total. The second kappa shape index (κ2) is 7.03. The first-order valence-corrected chi connectivity index (χ1v) is 8.59. The highest BCUT2D eigenvalue weighted by Gasteiger charge is 2.34. The third-order valence-corrected chi connectivity index (χ3v) is 5.05. The monoisotopic (exact) mass is 397 g/mol. The van der Waals surface area contributed by atoms with Gasteiger partial charge >= 0.3 is 0 Å². The molecule has 2 heterocycles. The molecule has 7 heteroatoms. The number of nitrogens with one attached hydrogen (secondary N) is 2. The molecule has 0 atom stereocenters. The average molecular weight is 399 g/mol. The number of hydrogen-bond donors (Lipinski definition) is 2. The van der Waals surface area contributed by atoms with E-state index in [0.717, 1.165) is 30.5 Å². The number of nitrogens with zero attached hydrogens (tertiary/aromatic N) is 1. The molecule has 2 aromatic rings. The summed E-state index contributed by atoms with van der Waals surface area (Å²) in [5.74, 6) is 0. The zero-order valence-electron chi connectivity index (χ0n) is 12.4. The van der Waals surface area contributed by atoms with E-state index < -0.39 is 0 Å². The van der Waals surface area contributed by atoms with Crippen molar-refractivity contribution in [2.75, 3.05) is 25.1 Å². The van der Waals surface area contributed by atoms with E-state index in [0.29, 0.717) is 12.2 Å². The molecule has 1 aromatic carbocycles. The SMILES string of the molecule is O=c1cc(NCC2(c3cccc(Br)c3)CCOCC2)c(Cl)n[nH]1. The minimum Gasteiger partial charge on any atom is -0.381 e. The molecule has 122 valence electrons. The summed E-state index contributed by atoms with van der Waals surface area (Å²) in [6.45, 7) is 2.10. The molecule has 23 heavy (non-hydrogen) atoms. The number of H-pyrrole nitrogens is 1. The van der Waals surface area contributed by atoms with Gasteiger partial charge in [0.1, 0.15) is 0 Å². The molecular weight excluding hydrogens is 382 g/mol. The number of benzene rings is 1. The average Bonchev–Trinajstić information content (AvgIpc) is 2.56. The lowest BCUT2D eigenvalue weighted by Gasteiger charge is -2.38. The summed E-state index contributed by atoms with van der Waals surface area (Å²) in [6, 6.07) is 9.77. The van der Waals surface area contributed by atoms with E-state index in [4.69, 9.17) is 16.3 Å². The molecule has 0 bridgehead atoms. The minimum atomic E-state index is -0.277. The fraction of sp³-hybridized carbons (Fsp3) is 0.375. The number of rotatable bonds is 4. The Bertz CT molecular complexity index is 744. The van der Waals surface area contributed by atoms with Gasteiger partial charge < -0.3 is 10.1 Å². The Kier molecular flexibility index (Phi) is 5.04. The van der Waals surface area contributed by atoms with Crippen LogP contribution in [0.2, 0.25) is 5.15 Å². The Morgan fingerprint density at radius 1 is 1.35 bits per heavy atom. The van der Waals surface area contributed by atoms with Crippen LogP contribution < -0.4 is 10.9 Å². The van der Waals surface area contributed by atoms with Gasteiger partial charge in [0.15, 0.2) is 5.15 Å². The molecule has 1 aromatic heterocycles. The van der Waals surface area contributed by atoms with Gasteiger partial charge in [-0.1, -0.05) is 39.7 Å². The molecule has 1 aliphatic rings. The van der Waals surface area contributed by atoms with Crippen LogP contribution in [0.25, 0.3) is 0 Å². The Hall–Kier alpha value is -1.37. The number of aromatic nitrogens is 2. The van der Waals surface area contributed by atoms with Gasteiger partial charge in [0, 0.05) is 35.7 Å². The standard InChI is InChI=1S/C16H17BrClN3O2/c17-12-3-1-2-11(8-12)16(4-6-23-7-5-16)10-19-13-9-14(22)20-21-15(13)18/h1-3,8-9H,4-7,10H2,(H2,19,20,22). The number of aromatic amines is 1. The summed E-state index contributed by atoms with van der Waals surface area (Å²) in [4.78, 5) is 11.4. The topological polar surface area (TPSA) is 67.0 Å². The van der Waals surface area contributed by atoms with Crippen LogP contribution in [0.5, 0.6) is 0 Å². The van der Waals surface area contributed by atoms with Gasteiger partial charge in [0.2, 0.25) is 0 Å². The summed E-state index contributed by atoms with van der Waals surface area (Å²) < 4.78 is 6.59. The normalized spacial score (nSPS) is 17.0. The van der Waals surface area contributed by atoms with Crippen molar-refractivity contribution in [1.29, 1.82) is 0 Å². The summed E-state index contributed by atoms with van der Waals surface area (Å²) in [5, 5.41) is 9.67. The van der Waals surface area contributed by atoms with Crippen LogP contribution in [0, 0.1) is 0 Å². The van der Waals surface area contributed by atoms with E-state index in [-0.39, 0.29) is 16.1 Å². The maximum atomic E-state index is 11.4. The van der Waals surface area contributed by atoms with Gasteiger partial charge in [-0.05, 0) is 30.5 Å². The lowest BCUT2D eigenvalue weighted by atomic mass is 9.74. The van der Waals surface area contributed by atoms with Crippen molar-refractivity contribution in [3.63, 3.8) is 0 Å². The highest BCUT2D eigenvalue weighted by molar-refractivity contribution is 9.10. The van der Waals surface area contributed by atoms with Crippen molar-refractivity contribution in [2.45, 2.75) is 18.3 Å². The maximum Gasteiger partial charge on any atom is 0.266 e. The third-order valence-electron chi connectivity index (χ3n) is 4.27. The zero-order valence-corrected chi connectivity index (χ0v) is 14.8. The van der Waals surface area contributed by atoms with Crippen LogP contribution in [0.1, 0.15) is 18.4 Å². The van der Waals surface area contributed by atoms with Crippen LogP contribution in [0.3, 0.4) is 0 Å². The lowest BCUT2D eigenvalue weighted by Crippen LogP contribution is -2.40. The Labute approximate surface area is 147 Å². The number of halogens is 2. The molecule has 0 radical (unpaired) electrons. The van der Waals surface area contributed by atoms with Gasteiger partial charge in [-0.15, -0.1) is 0 Å². The third kappa shape index (κ3) is 3.76. The largest absolute Gasteiger partial charge is 0.381 e.